The lowest BCUT2D eigenvalue weighted by molar-refractivity contribution is 0.102. The fourth-order valence-electron chi connectivity index (χ4n) is 1.35. The van der Waals surface area contributed by atoms with Gasteiger partial charge in [-0.1, -0.05) is 0 Å². The number of hydrogen-bond acceptors (Lipinski definition) is 4. The molecule has 0 aliphatic carbocycles. The molecule has 0 bridgehead atoms. The molecule has 17 heavy (non-hydrogen) atoms. The molecule has 7 heteroatoms. The molecular weight excluding hydrogens is 304 g/mol. The van der Waals surface area contributed by atoms with Crippen LogP contribution in [0.15, 0.2) is 16.0 Å². The zero-order chi connectivity index (χ0) is 12.6. The highest BCUT2D eigenvalue weighted by Crippen LogP contribution is 2.28. The summed E-state index contributed by atoms with van der Waals surface area (Å²) in [6.45, 7) is 1.94. The lowest BCUT2D eigenvalue weighted by Crippen LogP contribution is -2.14. The van der Waals surface area contributed by atoms with Crippen LogP contribution in [0.5, 0.6) is 0 Å². The van der Waals surface area contributed by atoms with Crippen LogP contribution in [-0.2, 0) is 7.05 Å². The zero-order valence-corrected chi connectivity index (χ0v) is 11.7. The highest BCUT2D eigenvalue weighted by atomic mass is 79.9. The molecule has 0 aromatic carbocycles. The normalized spacial score (nSPS) is 10.5. The van der Waals surface area contributed by atoms with Gasteiger partial charge in [-0.05, 0) is 34.5 Å². The largest absolute Gasteiger partial charge is 0.394 e. The maximum Gasteiger partial charge on any atom is 0.266 e. The molecule has 0 atom stereocenters. The number of carbonyl (C=O) groups excluding carboxylic acids is 1. The maximum atomic E-state index is 12.0. The molecule has 90 valence electrons. The SMILES string of the molecule is Cc1cc(C(=O)Nc2c(N)cnn2C)sc1Br. The average molecular weight is 315 g/mol. The Morgan fingerprint density at radius 1 is 1.65 bits per heavy atom. The molecule has 0 aliphatic rings. The van der Waals surface area contributed by atoms with Crippen molar-refractivity contribution in [3.63, 3.8) is 0 Å². The summed E-state index contributed by atoms with van der Waals surface area (Å²) in [5.41, 5.74) is 7.19. The Morgan fingerprint density at radius 3 is 2.82 bits per heavy atom. The third-order valence-electron chi connectivity index (χ3n) is 2.28. The van der Waals surface area contributed by atoms with Crippen molar-refractivity contribution in [1.29, 1.82) is 0 Å². The van der Waals surface area contributed by atoms with Crippen molar-refractivity contribution in [3.8, 4) is 0 Å². The average Bonchev–Trinajstić information content (AvgIpc) is 2.76. The third kappa shape index (κ3) is 2.34. The van der Waals surface area contributed by atoms with Gasteiger partial charge in [-0.2, -0.15) is 5.10 Å². The van der Waals surface area contributed by atoms with E-state index >= 15 is 0 Å². The van der Waals surface area contributed by atoms with Crippen LogP contribution in [0.1, 0.15) is 15.2 Å². The van der Waals surface area contributed by atoms with Crippen LogP contribution >= 0.6 is 27.3 Å². The molecular formula is C10H11BrN4OS. The standard InChI is InChI=1S/C10H11BrN4OS/c1-5-3-7(17-8(5)11)10(16)14-9-6(12)4-13-15(9)2/h3-4H,12H2,1-2H3,(H,14,16). The van der Waals surface area contributed by atoms with Crippen LogP contribution in [-0.4, -0.2) is 15.7 Å². The summed E-state index contributed by atoms with van der Waals surface area (Å²) in [6, 6.07) is 1.83. The number of aromatic nitrogens is 2. The van der Waals surface area contributed by atoms with Gasteiger partial charge in [0.1, 0.15) is 0 Å². The van der Waals surface area contributed by atoms with Crippen molar-refractivity contribution < 1.29 is 4.79 Å². The number of amides is 1. The van der Waals surface area contributed by atoms with Crippen molar-refractivity contribution >= 4 is 44.7 Å². The minimum Gasteiger partial charge on any atom is -0.394 e. The van der Waals surface area contributed by atoms with Gasteiger partial charge >= 0.3 is 0 Å². The maximum absolute atomic E-state index is 12.0. The van der Waals surface area contributed by atoms with Crippen LogP contribution in [0.25, 0.3) is 0 Å². The minimum absolute atomic E-state index is 0.181. The fourth-order valence-corrected chi connectivity index (χ4v) is 2.78. The third-order valence-corrected chi connectivity index (χ3v) is 4.42. The van der Waals surface area contributed by atoms with Gasteiger partial charge in [0, 0.05) is 7.05 Å². The fraction of sp³-hybridized carbons (Fsp3) is 0.200. The number of aryl methyl sites for hydroxylation is 2. The van der Waals surface area contributed by atoms with Gasteiger partial charge in [-0.15, -0.1) is 11.3 Å². The van der Waals surface area contributed by atoms with E-state index in [2.05, 4.69) is 26.3 Å². The number of nitrogen functional groups attached to an aromatic ring is 1. The Hall–Kier alpha value is -1.34. The number of carbonyl (C=O) groups is 1. The van der Waals surface area contributed by atoms with E-state index in [1.807, 2.05) is 13.0 Å². The Balaban J connectivity index is 2.23. The van der Waals surface area contributed by atoms with Crippen LogP contribution in [0.2, 0.25) is 0 Å². The lowest BCUT2D eigenvalue weighted by Gasteiger charge is -2.04. The van der Waals surface area contributed by atoms with Crippen molar-refractivity contribution in [2.45, 2.75) is 6.92 Å². The molecule has 0 spiro atoms. The first-order chi connectivity index (χ1) is 7.99. The van der Waals surface area contributed by atoms with E-state index in [-0.39, 0.29) is 5.91 Å². The molecule has 2 aromatic heterocycles. The summed E-state index contributed by atoms with van der Waals surface area (Å²) in [5, 5.41) is 6.70. The van der Waals surface area contributed by atoms with E-state index in [4.69, 9.17) is 5.73 Å². The monoisotopic (exact) mass is 314 g/mol. The Kier molecular flexibility index (Phi) is 3.21. The van der Waals surface area contributed by atoms with Gasteiger partial charge < -0.3 is 11.1 Å². The number of anilines is 2. The summed E-state index contributed by atoms with van der Waals surface area (Å²) < 4.78 is 2.49. The summed E-state index contributed by atoms with van der Waals surface area (Å²) >= 11 is 4.78. The highest BCUT2D eigenvalue weighted by Gasteiger charge is 2.14. The van der Waals surface area contributed by atoms with E-state index in [0.717, 1.165) is 9.35 Å². The van der Waals surface area contributed by atoms with Crippen molar-refractivity contribution in [3.05, 3.63) is 26.5 Å². The first-order valence-electron chi connectivity index (χ1n) is 4.84. The molecule has 2 aromatic rings. The van der Waals surface area contributed by atoms with Crippen molar-refractivity contribution in [2.75, 3.05) is 11.1 Å². The summed E-state index contributed by atoms with van der Waals surface area (Å²) in [7, 11) is 1.72. The van der Waals surface area contributed by atoms with E-state index in [9.17, 15) is 4.79 Å². The van der Waals surface area contributed by atoms with E-state index < -0.39 is 0 Å². The molecule has 1 amide bonds. The van der Waals surface area contributed by atoms with Gasteiger partial charge in [0.2, 0.25) is 0 Å². The van der Waals surface area contributed by atoms with E-state index in [1.54, 1.807) is 7.05 Å². The molecule has 0 saturated heterocycles. The molecule has 0 radical (unpaired) electrons. The highest BCUT2D eigenvalue weighted by molar-refractivity contribution is 9.11. The summed E-state index contributed by atoms with van der Waals surface area (Å²) in [5.74, 6) is 0.330. The molecule has 0 fully saturated rings. The van der Waals surface area contributed by atoms with Gasteiger partial charge in [-0.25, -0.2) is 0 Å². The van der Waals surface area contributed by atoms with Crippen LogP contribution in [0.4, 0.5) is 11.5 Å². The van der Waals surface area contributed by atoms with Crippen LogP contribution < -0.4 is 11.1 Å². The first kappa shape index (κ1) is 12.1. The number of nitrogens with two attached hydrogens (primary N) is 1. The Bertz CT molecular complexity index is 536. The molecule has 3 N–H and O–H groups in total. The summed E-state index contributed by atoms with van der Waals surface area (Å²) in [4.78, 5) is 12.6. The molecule has 0 unspecified atom stereocenters. The summed E-state index contributed by atoms with van der Waals surface area (Å²) in [6.07, 6.45) is 1.51. The van der Waals surface area contributed by atoms with E-state index in [1.165, 1.54) is 22.2 Å². The van der Waals surface area contributed by atoms with Gasteiger partial charge in [0.25, 0.3) is 5.91 Å². The smallest absolute Gasteiger partial charge is 0.266 e. The molecule has 2 heterocycles. The number of nitrogens with one attached hydrogen (secondary N) is 1. The molecule has 5 nitrogen and oxygen atoms in total. The molecule has 0 aliphatic heterocycles. The predicted octanol–water partition coefficient (Wildman–Crippen LogP) is 2.39. The number of nitrogens with zero attached hydrogens (tertiary/aromatic N) is 2. The number of halogens is 1. The molecule has 2 rings (SSSR count). The van der Waals surface area contributed by atoms with Gasteiger partial charge in [0.05, 0.1) is 20.5 Å². The number of hydrogen-bond donors (Lipinski definition) is 2. The second-order valence-corrected chi connectivity index (χ2v) is 5.96. The Labute approximate surface area is 111 Å². The number of rotatable bonds is 2. The van der Waals surface area contributed by atoms with Crippen molar-refractivity contribution in [2.24, 2.45) is 7.05 Å². The van der Waals surface area contributed by atoms with Crippen LogP contribution in [0, 0.1) is 6.92 Å². The van der Waals surface area contributed by atoms with E-state index in [0.29, 0.717) is 16.4 Å². The number of thiophene rings is 1. The molecule has 0 saturated carbocycles. The van der Waals surface area contributed by atoms with Crippen molar-refractivity contribution in [1.82, 2.24) is 9.78 Å². The predicted molar refractivity (Wildman–Crippen MR) is 72.3 cm³/mol. The van der Waals surface area contributed by atoms with Crippen LogP contribution in [0.3, 0.4) is 0 Å². The zero-order valence-electron chi connectivity index (χ0n) is 9.32. The minimum atomic E-state index is -0.181. The first-order valence-corrected chi connectivity index (χ1v) is 6.44. The van der Waals surface area contributed by atoms with Gasteiger partial charge in [0.15, 0.2) is 5.82 Å². The quantitative estimate of drug-likeness (QED) is 0.894. The topological polar surface area (TPSA) is 72.9 Å². The Morgan fingerprint density at radius 2 is 2.35 bits per heavy atom. The van der Waals surface area contributed by atoms with Gasteiger partial charge in [-0.3, -0.25) is 9.48 Å². The lowest BCUT2D eigenvalue weighted by atomic mass is 10.3. The second-order valence-electron chi connectivity index (χ2n) is 3.59. The second kappa shape index (κ2) is 4.50.